The second kappa shape index (κ2) is 6.69. The zero-order valence-corrected chi connectivity index (χ0v) is 13.9. The second-order valence-electron chi connectivity index (χ2n) is 4.71. The minimum atomic E-state index is -3.18. The molecule has 0 heterocycles. The molecule has 0 unspecified atom stereocenters. The third kappa shape index (κ3) is 4.47. The molecule has 0 saturated carbocycles. The summed E-state index contributed by atoms with van der Waals surface area (Å²) in [4.78, 5) is 12.1. The lowest BCUT2D eigenvalue weighted by atomic mass is 10.1. The zero-order valence-electron chi connectivity index (χ0n) is 11.5. The first-order valence-corrected chi connectivity index (χ1v) is 9.01. The highest BCUT2D eigenvalue weighted by molar-refractivity contribution is 7.89. The van der Waals surface area contributed by atoms with Crippen molar-refractivity contribution in [3.63, 3.8) is 0 Å². The molecule has 0 atom stereocenters. The number of rotatable bonds is 4. The smallest absolute Gasteiger partial charge is 0.343 e. The summed E-state index contributed by atoms with van der Waals surface area (Å²) in [5.74, 6) is -0.640. The van der Waals surface area contributed by atoms with Crippen molar-refractivity contribution >= 4 is 39.0 Å². The summed E-state index contributed by atoms with van der Waals surface area (Å²) in [6.07, 6.45) is 1.13. The van der Waals surface area contributed by atoms with Crippen LogP contribution in [-0.2, 0) is 15.6 Å². The molecule has 4 nitrogen and oxygen atoms in total. The van der Waals surface area contributed by atoms with E-state index in [9.17, 15) is 13.2 Å². The van der Waals surface area contributed by atoms with Gasteiger partial charge in [-0.3, -0.25) is 0 Å². The van der Waals surface area contributed by atoms with Gasteiger partial charge in [-0.25, -0.2) is 13.2 Å². The van der Waals surface area contributed by atoms with E-state index in [4.69, 9.17) is 27.9 Å². The molecule has 116 valence electrons. The van der Waals surface area contributed by atoms with Crippen molar-refractivity contribution in [2.75, 3.05) is 6.26 Å². The van der Waals surface area contributed by atoms with Gasteiger partial charge < -0.3 is 4.74 Å². The van der Waals surface area contributed by atoms with Crippen LogP contribution in [0.25, 0.3) is 0 Å². The minimum Gasteiger partial charge on any atom is -0.421 e. The third-order valence-corrected chi connectivity index (χ3v) is 4.37. The van der Waals surface area contributed by atoms with Crippen molar-refractivity contribution in [2.24, 2.45) is 0 Å². The van der Waals surface area contributed by atoms with Crippen molar-refractivity contribution in [1.29, 1.82) is 0 Å². The summed E-state index contributed by atoms with van der Waals surface area (Å²) >= 11 is 11.8. The molecular formula is C15H12Cl2O4S. The van der Waals surface area contributed by atoms with Gasteiger partial charge in [0.1, 0.15) is 5.02 Å². The van der Waals surface area contributed by atoms with Gasteiger partial charge >= 0.3 is 5.97 Å². The van der Waals surface area contributed by atoms with Crippen LogP contribution in [0.1, 0.15) is 15.9 Å². The molecule has 2 aromatic rings. The van der Waals surface area contributed by atoms with Crippen LogP contribution in [0.3, 0.4) is 0 Å². The van der Waals surface area contributed by atoms with Crippen molar-refractivity contribution in [1.82, 2.24) is 0 Å². The highest BCUT2D eigenvalue weighted by Gasteiger charge is 2.14. The Balaban J connectivity index is 2.23. The van der Waals surface area contributed by atoms with Crippen molar-refractivity contribution in [3.05, 3.63) is 63.6 Å². The van der Waals surface area contributed by atoms with Crippen molar-refractivity contribution < 1.29 is 17.9 Å². The van der Waals surface area contributed by atoms with Gasteiger partial charge in [-0.15, -0.1) is 0 Å². The van der Waals surface area contributed by atoms with Gasteiger partial charge in [-0.1, -0.05) is 41.4 Å². The Kier molecular flexibility index (Phi) is 5.11. The average Bonchev–Trinajstić information content (AvgIpc) is 2.42. The summed E-state index contributed by atoms with van der Waals surface area (Å²) in [6, 6.07) is 10.9. The van der Waals surface area contributed by atoms with Crippen LogP contribution in [0.2, 0.25) is 10.0 Å². The molecule has 7 heteroatoms. The number of sulfone groups is 1. The maximum absolute atomic E-state index is 12.1. The fraction of sp³-hybridized carbons (Fsp3) is 0.133. The van der Waals surface area contributed by atoms with Gasteiger partial charge in [0.15, 0.2) is 15.6 Å². The number of esters is 1. The molecule has 0 N–H and O–H groups in total. The molecule has 2 rings (SSSR count). The van der Waals surface area contributed by atoms with Crippen LogP contribution >= 0.6 is 23.2 Å². The molecule has 22 heavy (non-hydrogen) atoms. The quantitative estimate of drug-likeness (QED) is 0.616. The number of ether oxygens (including phenoxy) is 1. The molecule has 0 aliphatic heterocycles. The number of carbonyl (C=O) groups is 1. The predicted molar refractivity (Wildman–Crippen MR) is 86.4 cm³/mol. The Bertz CT molecular complexity index is 816. The molecule has 0 saturated heterocycles. The van der Waals surface area contributed by atoms with E-state index < -0.39 is 15.8 Å². The van der Waals surface area contributed by atoms with Gasteiger partial charge in [0.2, 0.25) is 0 Å². The summed E-state index contributed by atoms with van der Waals surface area (Å²) in [5, 5.41) is 0.419. The van der Waals surface area contributed by atoms with E-state index in [1.54, 1.807) is 24.3 Å². The van der Waals surface area contributed by atoms with Crippen molar-refractivity contribution in [3.8, 4) is 5.75 Å². The first-order valence-electron chi connectivity index (χ1n) is 6.19. The number of hydrogen-bond acceptors (Lipinski definition) is 4. The highest BCUT2D eigenvalue weighted by atomic mass is 35.5. The van der Waals surface area contributed by atoms with E-state index in [-0.39, 0.29) is 27.1 Å². The first kappa shape index (κ1) is 16.8. The molecule has 0 aromatic heterocycles. The van der Waals surface area contributed by atoms with Gasteiger partial charge in [-0.2, -0.15) is 0 Å². The zero-order chi connectivity index (χ0) is 16.3. The standard InChI is InChI=1S/C15H12Cl2O4S/c1-22(19,20)9-10-4-2-5-11(8-10)15(18)21-13-7-3-6-12(16)14(13)17/h2-8H,9H2,1H3. The molecular weight excluding hydrogens is 347 g/mol. The second-order valence-corrected chi connectivity index (χ2v) is 7.64. The first-order chi connectivity index (χ1) is 10.3. The van der Waals surface area contributed by atoms with Crippen LogP contribution in [0.4, 0.5) is 0 Å². The molecule has 0 bridgehead atoms. The van der Waals surface area contributed by atoms with Gasteiger partial charge in [0, 0.05) is 6.26 Å². The largest absolute Gasteiger partial charge is 0.421 e. The van der Waals surface area contributed by atoms with E-state index in [2.05, 4.69) is 0 Å². The monoisotopic (exact) mass is 358 g/mol. The van der Waals surface area contributed by atoms with Crippen LogP contribution in [0.15, 0.2) is 42.5 Å². The van der Waals surface area contributed by atoms with E-state index in [0.29, 0.717) is 5.56 Å². The van der Waals surface area contributed by atoms with Gasteiger partial charge in [0.25, 0.3) is 0 Å². The maximum atomic E-state index is 12.1. The summed E-state index contributed by atoms with van der Waals surface area (Å²) in [6.45, 7) is 0. The Morgan fingerprint density at radius 2 is 1.82 bits per heavy atom. The Hall–Kier alpha value is -1.56. The topological polar surface area (TPSA) is 60.4 Å². The molecule has 2 aromatic carbocycles. The Morgan fingerprint density at radius 1 is 1.14 bits per heavy atom. The summed E-state index contributed by atoms with van der Waals surface area (Å²) < 4.78 is 27.8. The molecule has 0 aliphatic carbocycles. The van der Waals surface area contributed by atoms with Crippen LogP contribution in [0.5, 0.6) is 5.75 Å². The lowest BCUT2D eigenvalue weighted by molar-refractivity contribution is 0.0734. The van der Waals surface area contributed by atoms with E-state index >= 15 is 0 Å². The average molecular weight is 359 g/mol. The number of hydrogen-bond donors (Lipinski definition) is 0. The fourth-order valence-corrected chi connectivity index (χ4v) is 2.93. The summed E-state index contributed by atoms with van der Waals surface area (Å²) in [5.41, 5.74) is 0.742. The number of benzene rings is 2. The third-order valence-electron chi connectivity index (χ3n) is 2.71. The highest BCUT2D eigenvalue weighted by Crippen LogP contribution is 2.31. The molecule has 0 amide bonds. The van der Waals surface area contributed by atoms with Crippen LogP contribution in [-0.4, -0.2) is 20.6 Å². The lowest BCUT2D eigenvalue weighted by Crippen LogP contribution is -2.10. The molecule has 0 radical (unpaired) electrons. The van der Waals surface area contributed by atoms with E-state index in [1.165, 1.54) is 18.2 Å². The predicted octanol–water partition coefficient (Wildman–Crippen LogP) is 3.76. The van der Waals surface area contributed by atoms with Crippen LogP contribution in [0, 0.1) is 0 Å². The molecule has 0 fully saturated rings. The number of carbonyl (C=O) groups excluding carboxylic acids is 1. The van der Waals surface area contributed by atoms with Gasteiger partial charge in [0.05, 0.1) is 16.3 Å². The number of halogens is 2. The summed E-state index contributed by atoms with van der Waals surface area (Å²) in [7, 11) is -3.18. The van der Waals surface area contributed by atoms with Crippen molar-refractivity contribution in [2.45, 2.75) is 5.75 Å². The molecule has 0 spiro atoms. The van der Waals surface area contributed by atoms with Crippen LogP contribution < -0.4 is 4.74 Å². The fourth-order valence-electron chi connectivity index (χ4n) is 1.81. The minimum absolute atomic E-state index is 0.143. The van der Waals surface area contributed by atoms with Gasteiger partial charge in [-0.05, 0) is 29.8 Å². The SMILES string of the molecule is CS(=O)(=O)Cc1cccc(C(=O)Oc2cccc(Cl)c2Cl)c1. The lowest BCUT2D eigenvalue weighted by Gasteiger charge is -2.08. The molecule has 0 aliphatic rings. The Morgan fingerprint density at radius 3 is 2.50 bits per heavy atom. The normalized spacial score (nSPS) is 11.2. The van der Waals surface area contributed by atoms with E-state index in [0.717, 1.165) is 6.26 Å². The van der Waals surface area contributed by atoms with E-state index in [1.807, 2.05) is 0 Å². The Labute approximate surface area is 138 Å². The maximum Gasteiger partial charge on any atom is 0.343 e.